The fraction of sp³-hybridized carbons (Fsp3) is 0.333. The SMILES string of the molecule is Cc1c[nH]c(SC[C]=O)n1. The van der Waals surface area contributed by atoms with E-state index >= 15 is 0 Å². The summed E-state index contributed by atoms with van der Waals surface area (Å²) in [6, 6.07) is 0. The molecular weight excluding hydrogens is 148 g/mol. The Bertz CT molecular complexity index is 221. The number of aromatic amines is 1. The Morgan fingerprint density at radius 1 is 1.90 bits per heavy atom. The van der Waals surface area contributed by atoms with Crippen molar-refractivity contribution in [1.29, 1.82) is 0 Å². The Morgan fingerprint density at radius 3 is 3.20 bits per heavy atom. The van der Waals surface area contributed by atoms with Crippen molar-refractivity contribution >= 4 is 18.0 Å². The topological polar surface area (TPSA) is 45.8 Å². The molecule has 0 aliphatic heterocycles. The highest BCUT2D eigenvalue weighted by Gasteiger charge is 1.95. The van der Waals surface area contributed by atoms with E-state index in [-0.39, 0.29) is 0 Å². The van der Waals surface area contributed by atoms with E-state index in [9.17, 15) is 4.79 Å². The number of H-pyrrole nitrogens is 1. The first-order chi connectivity index (χ1) is 4.83. The third-order valence-corrected chi connectivity index (χ3v) is 1.70. The summed E-state index contributed by atoms with van der Waals surface area (Å²) < 4.78 is 0. The van der Waals surface area contributed by atoms with E-state index in [1.807, 2.05) is 6.92 Å². The standard InChI is InChI=1S/C6H7N2OS/c1-5-4-7-6(8-5)10-3-2-9/h4H,3H2,1H3,(H,7,8). The maximum atomic E-state index is 9.80. The molecule has 1 aromatic rings. The lowest BCUT2D eigenvalue weighted by Crippen LogP contribution is -1.80. The number of nitrogens with zero attached hydrogens (tertiary/aromatic N) is 1. The highest BCUT2D eigenvalue weighted by Crippen LogP contribution is 2.10. The lowest BCUT2D eigenvalue weighted by molar-refractivity contribution is 0.560. The quantitative estimate of drug-likeness (QED) is 0.660. The number of aromatic nitrogens is 2. The number of rotatable bonds is 3. The molecule has 1 N–H and O–H groups in total. The van der Waals surface area contributed by atoms with Gasteiger partial charge in [0.15, 0.2) is 5.16 Å². The van der Waals surface area contributed by atoms with E-state index in [2.05, 4.69) is 9.97 Å². The van der Waals surface area contributed by atoms with Gasteiger partial charge in [0, 0.05) is 6.20 Å². The zero-order valence-electron chi connectivity index (χ0n) is 5.55. The molecule has 0 saturated heterocycles. The molecule has 0 aliphatic rings. The minimum Gasteiger partial charge on any atom is -0.339 e. The third-order valence-electron chi connectivity index (χ3n) is 0.950. The van der Waals surface area contributed by atoms with Crippen LogP contribution in [-0.2, 0) is 4.79 Å². The lowest BCUT2D eigenvalue weighted by Gasteiger charge is -1.85. The van der Waals surface area contributed by atoms with Crippen LogP contribution in [0.25, 0.3) is 0 Å². The first-order valence-corrected chi connectivity index (χ1v) is 3.81. The number of aryl methyl sites for hydroxylation is 1. The smallest absolute Gasteiger partial charge is 0.209 e. The van der Waals surface area contributed by atoms with Crippen LogP contribution < -0.4 is 0 Å². The summed E-state index contributed by atoms with van der Waals surface area (Å²) in [5.74, 6) is 0.340. The summed E-state index contributed by atoms with van der Waals surface area (Å²) in [5.41, 5.74) is 0.938. The highest BCUT2D eigenvalue weighted by atomic mass is 32.2. The molecule has 0 amide bonds. The van der Waals surface area contributed by atoms with Crippen molar-refractivity contribution in [3.05, 3.63) is 11.9 Å². The monoisotopic (exact) mass is 155 g/mol. The van der Waals surface area contributed by atoms with E-state index in [1.54, 1.807) is 12.5 Å². The van der Waals surface area contributed by atoms with Crippen molar-refractivity contribution < 1.29 is 4.79 Å². The van der Waals surface area contributed by atoms with Crippen molar-refractivity contribution in [3.8, 4) is 0 Å². The van der Waals surface area contributed by atoms with Crippen LogP contribution in [-0.4, -0.2) is 22.0 Å². The second kappa shape index (κ2) is 3.41. The number of carbonyl (C=O) groups excluding carboxylic acids is 1. The van der Waals surface area contributed by atoms with Crippen LogP contribution in [0.2, 0.25) is 0 Å². The molecule has 0 atom stereocenters. The van der Waals surface area contributed by atoms with Crippen LogP contribution in [0, 0.1) is 6.92 Å². The van der Waals surface area contributed by atoms with Gasteiger partial charge < -0.3 is 4.98 Å². The molecule has 0 aromatic carbocycles. The highest BCUT2D eigenvalue weighted by molar-refractivity contribution is 7.99. The van der Waals surface area contributed by atoms with Crippen molar-refractivity contribution in [2.75, 3.05) is 5.75 Å². The van der Waals surface area contributed by atoms with Gasteiger partial charge in [-0.15, -0.1) is 0 Å². The Hall–Kier alpha value is -0.770. The molecule has 1 heterocycles. The van der Waals surface area contributed by atoms with Crippen LogP contribution in [0.4, 0.5) is 0 Å². The summed E-state index contributed by atoms with van der Waals surface area (Å²) >= 11 is 1.35. The van der Waals surface area contributed by atoms with Gasteiger partial charge in [0.05, 0.1) is 11.4 Å². The zero-order valence-corrected chi connectivity index (χ0v) is 6.36. The Balaban J connectivity index is 2.49. The zero-order chi connectivity index (χ0) is 7.40. The third kappa shape index (κ3) is 1.88. The second-order valence-electron chi connectivity index (χ2n) is 1.78. The molecule has 1 radical (unpaired) electrons. The summed E-state index contributed by atoms with van der Waals surface area (Å²) in [6.45, 7) is 1.89. The van der Waals surface area contributed by atoms with E-state index in [0.29, 0.717) is 5.75 Å². The molecule has 0 unspecified atom stereocenters. The minimum absolute atomic E-state index is 0.340. The number of thioether (sulfide) groups is 1. The van der Waals surface area contributed by atoms with Gasteiger partial charge in [-0.05, 0) is 6.92 Å². The largest absolute Gasteiger partial charge is 0.339 e. The summed E-state index contributed by atoms with van der Waals surface area (Å²) in [4.78, 5) is 16.8. The maximum Gasteiger partial charge on any atom is 0.209 e. The van der Waals surface area contributed by atoms with E-state index in [4.69, 9.17) is 0 Å². The number of imidazole rings is 1. The van der Waals surface area contributed by atoms with Gasteiger partial charge in [-0.25, -0.2) is 4.98 Å². The molecule has 4 heteroatoms. The van der Waals surface area contributed by atoms with Crippen LogP contribution >= 0.6 is 11.8 Å². The normalized spacial score (nSPS) is 9.70. The Morgan fingerprint density at radius 2 is 2.70 bits per heavy atom. The molecule has 0 saturated carbocycles. The average Bonchev–Trinajstić information content (AvgIpc) is 2.31. The molecule has 0 aliphatic carbocycles. The van der Waals surface area contributed by atoms with E-state index in [0.717, 1.165) is 10.9 Å². The molecule has 1 rings (SSSR count). The second-order valence-corrected chi connectivity index (χ2v) is 2.74. The van der Waals surface area contributed by atoms with Crippen LogP contribution in [0.5, 0.6) is 0 Å². The molecule has 3 nitrogen and oxygen atoms in total. The van der Waals surface area contributed by atoms with Gasteiger partial charge >= 0.3 is 0 Å². The lowest BCUT2D eigenvalue weighted by atomic mass is 10.6. The fourth-order valence-electron chi connectivity index (χ4n) is 0.563. The molecule has 53 valence electrons. The molecule has 1 aromatic heterocycles. The summed E-state index contributed by atoms with van der Waals surface area (Å²) in [6.07, 6.45) is 3.58. The van der Waals surface area contributed by atoms with Gasteiger partial charge in [0.25, 0.3) is 0 Å². The minimum atomic E-state index is 0.340. The van der Waals surface area contributed by atoms with Crippen LogP contribution in [0.1, 0.15) is 5.69 Å². The van der Waals surface area contributed by atoms with Gasteiger partial charge in [-0.2, -0.15) is 0 Å². The number of nitrogens with one attached hydrogen (secondary N) is 1. The molecule has 0 fully saturated rings. The molecule has 10 heavy (non-hydrogen) atoms. The van der Waals surface area contributed by atoms with Gasteiger partial charge in [0.1, 0.15) is 0 Å². The summed E-state index contributed by atoms with van der Waals surface area (Å²) in [7, 11) is 0. The Labute approximate surface area is 63.2 Å². The van der Waals surface area contributed by atoms with Crippen molar-refractivity contribution in [2.45, 2.75) is 12.1 Å². The summed E-state index contributed by atoms with van der Waals surface area (Å²) in [5, 5.41) is 0.779. The number of hydrogen-bond acceptors (Lipinski definition) is 3. The van der Waals surface area contributed by atoms with Gasteiger partial charge in [-0.1, -0.05) is 11.8 Å². The average molecular weight is 155 g/mol. The predicted octanol–water partition coefficient (Wildman–Crippen LogP) is 0.920. The number of hydrogen-bond donors (Lipinski definition) is 1. The Kier molecular flexibility index (Phi) is 2.50. The molecule has 0 bridgehead atoms. The van der Waals surface area contributed by atoms with Gasteiger partial charge in [-0.3, -0.25) is 4.79 Å². The first-order valence-electron chi connectivity index (χ1n) is 2.83. The van der Waals surface area contributed by atoms with E-state index < -0.39 is 0 Å². The fourth-order valence-corrected chi connectivity index (χ4v) is 1.11. The first kappa shape index (κ1) is 7.34. The van der Waals surface area contributed by atoms with Crippen molar-refractivity contribution in [1.82, 2.24) is 9.97 Å². The van der Waals surface area contributed by atoms with E-state index in [1.165, 1.54) is 11.8 Å². The molecule has 0 spiro atoms. The van der Waals surface area contributed by atoms with Crippen molar-refractivity contribution in [2.24, 2.45) is 0 Å². The van der Waals surface area contributed by atoms with Crippen LogP contribution in [0.3, 0.4) is 0 Å². The van der Waals surface area contributed by atoms with Gasteiger partial charge in [0.2, 0.25) is 6.29 Å². The predicted molar refractivity (Wildman–Crippen MR) is 39.7 cm³/mol. The van der Waals surface area contributed by atoms with Crippen molar-refractivity contribution in [3.63, 3.8) is 0 Å². The maximum absolute atomic E-state index is 9.80. The van der Waals surface area contributed by atoms with Crippen LogP contribution in [0.15, 0.2) is 11.4 Å². The molecular formula is C6H7N2OS.